The molecule has 2 heterocycles. The summed E-state index contributed by atoms with van der Waals surface area (Å²) in [6, 6.07) is 19.4. The van der Waals surface area contributed by atoms with Crippen LogP contribution < -0.4 is 10.2 Å². The van der Waals surface area contributed by atoms with Crippen LogP contribution in [0.15, 0.2) is 66.9 Å². The van der Waals surface area contributed by atoms with E-state index in [1.165, 1.54) is 7.11 Å². The maximum atomic E-state index is 12.7. The molecule has 4 aromatic rings. The Bertz CT molecular complexity index is 1330. The van der Waals surface area contributed by atoms with Crippen LogP contribution in [-0.4, -0.2) is 58.1 Å². The summed E-state index contributed by atoms with van der Waals surface area (Å²) in [5.41, 5.74) is 4.31. The highest BCUT2D eigenvalue weighted by molar-refractivity contribution is 5.94. The average Bonchev–Trinajstić information content (AvgIpc) is 3.48. The lowest BCUT2D eigenvalue weighted by Gasteiger charge is -2.25. The minimum absolute atomic E-state index is 0.305. The first kappa shape index (κ1) is 25.3. The molecule has 0 spiro atoms. The van der Waals surface area contributed by atoms with Gasteiger partial charge >= 0.3 is 12.1 Å². The number of amides is 1. The number of esters is 1. The number of aromatic nitrogens is 5. The Morgan fingerprint density at radius 1 is 1.03 bits per heavy atom. The van der Waals surface area contributed by atoms with Crippen LogP contribution >= 0.6 is 0 Å². The Kier molecular flexibility index (Phi) is 8.37. The molecule has 4 rings (SSSR count). The maximum absolute atomic E-state index is 12.7. The number of anilines is 1. The van der Waals surface area contributed by atoms with Crippen molar-refractivity contribution in [1.29, 1.82) is 0 Å². The van der Waals surface area contributed by atoms with Gasteiger partial charge in [-0.1, -0.05) is 55.5 Å². The number of tetrazole rings is 1. The molecule has 1 amide bonds. The number of nitrogens with zero attached hydrogens (tertiary/aromatic N) is 5. The van der Waals surface area contributed by atoms with Gasteiger partial charge < -0.3 is 14.4 Å². The van der Waals surface area contributed by atoms with Gasteiger partial charge in [-0.3, -0.25) is 5.32 Å². The van der Waals surface area contributed by atoms with Gasteiger partial charge in [-0.05, 0) is 45.7 Å². The third-order valence-corrected chi connectivity index (χ3v) is 5.57. The van der Waals surface area contributed by atoms with Crippen molar-refractivity contribution in [1.82, 2.24) is 30.9 Å². The number of nitrogens with one attached hydrogen (secondary N) is 2. The fraction of sp³-hybridized carbons (Fsp3) is 0.231. The van der Waals surface area contributed by atoms with Crippen LogP contribution in [0.3, 0.4) is 0 Å². The lowest BCUT2D eigenvalue weighted by molar-refractivity contribution is 0.0470. The predicted octanol–water partition coefficient (Wildman–Crippen LogP) is 3.82. The maximum Gasteiger partial charge on any atom is 0.409 e. The Balaban J connectivity index is 1.53. The Morgan fingerprint density at radius 2 is 1.81 bits per heavy atom. The molecule has 0 saturated heterocycles. The number of carbonyl (C=O) groups is 2. The lowest BCUT2D eigenvalue weighted by atomic mass is 9.98. The first-order valence-electron chi connectivity index (χ1n) is 11.7. The largest absolute Gasteiger partial charge is 0.453 e. The molecule has 2 N–H and O–H groups in total. The molecule has 0 unspecified atom stereocenters. The van der Waals surface area contributed by atoms with Crippen molar-refractivity contribution in [3.63, 3.8) is 0 Å². The van der Waals surface area contributed by atoms with E-state index in [1.54, 1.807) is 18.3 Å². The molecule has 2 aromatic carbocycles. The highest BCUT2D eigenvalue weighted by Crippen LogP contribution is 2.30. The van der Waals surface area contributed by atoms with Gasteiger partial charge in [0.15, 0.2) is 12.6 Å². The van der Waals surface area contributed by atoms with E-state index in [0.29, 0.717) is 30.3 Å². The number of carbonyl (C=O) groups excluding carboxylic acids is 2. The zero-order chi connectivity index (χ0) is 26.0. The second-order valence-electron chi connectivity index (χ2n) is 8.03. The van der Waals surface area contributed by atoms with Crippen LogP contribution in [0.1, 0.15) is 29.3 Å². The number of ether oxygens (including phenoxy) is 2. The molecule has 190 valence electrons. The third-order valence-electron chi connectivity index (χ3n) is 5.57. The second-order valence-corrected chi connectivity index (χ2v) is 8.03. The molecule has 0 aliphatic heterocycles. The summed E-state index contributed by atoms with van der Waals surface area (Å²) in [5.74, 6) is 0.527. The van der Waals surface area contributed by atoms with Gasteiger partial charge in [-0.25, -0.2) is 19.7 Å². The highest BCUT2D eigenvalue weighted by Gasteiger charge is 2.19. The number of hydrogen-bond donors (Lipinski definition) is 2. The summed E-state index contributed by atoms with van der Waals surface area (Å²) in [6.07, 6.45) is 1.81. The molecule has 2 aromatic heterocycles. The SMILES string of the molecule is CCCN(Cc1ccc(-c2ccccc2-c2nnn[nH]2)cc1)c1ncccc1C(=O)OCNC(=O)OC. The van der Waals surface area contributed by atoms with Gasteiger partial charge in [0.1, 0.15) is 11.4 Å². The summed E-state index contributed by atoms with van der Waals surface area (Å²) in [7, 11) is 1.23. The monoisotopic (exact) mass is 501 g/mol. The number of hydrogen-bond acceptors (Lipinski definition) is 9. The van der Waals surface area contributed by atoms with Crippen LogP contribution in [0.2, 0.25) is 0 Å². The van der Waals surface area contributed by atoms with Gasteiger partial charge in [-0.2, -0.15) is 0 Å². The van der Waals surface area contributed by atoms with E-state index in [-0.39, 0.29) is 6.73 Å². The summed E-state index contributed by atoms with van der Waals surface area (Å²) in [4.78, 5) is 30.5. The topological polar surface area (TPSA) is 135 Å². The number of H-pyrrole nitrogens is 1. The van der Waals surface area contributed by atoms with E-state index >= 15 is 0 Å². The van der Waals surface area contributed by atoms with E-state index in [2.05, 4.69) is 54.7 Å². The standard InChI is InChI=1S/C26H27N7O4/c1-3-15-33(24-22(9-6-14-27-24)25(34)37-17-28-26(35)36-2)16-18-10-12-19(13-11-18)20-7-4-5-8-21(20)23-29-31-32-30-23/h4-14H,3,15-17H2,1-2H3,(H,28,35)(H,29,30,31,32). The number of benzene rings is 2. The van der Waals surface area contributed by atoms with E-state index in [4.69, 9.17) is 4.74 Å². The first-order chi connectivity index (χ1) is 18.1. The molecular weight excluding hydrogens is 474 g/mol. The normalized spacial score (nSPS) is 10.5. The molecule has 11 nitrogen and oxygen atoms in total. The number of alkyl carbamates (subject to hydrolysis) is 1. The van der Waals surface area contributed by atoms with Crippen molar-refractivity contribution in [2.75, 3.05) is 25.3 Å². The lowest BCUT2D eigenvalue weighted by Crippen LogP contribution is -2.29. The van der Waals surface area contributed by atoms with E-state index in [9.17, 15) is 9.59 Å². The third kappa shape index (κ3) is 6.26. The van der Waals surface area contributed by atoms with Crippen molar-refractivity contribution in [2.24, 2.45) is 0 Å². The Morgan fingerprint density at radius 3 is 2.51 bits per heavy atom. The minimum Gasteiger partial charge on any atom is -0.453 e. The quantitative estimate of drug-likeness (QED) is 0.246. The van der Waals surface area contributed by atoms with Gasteiger partial charge in [0, 0.05) is 24.8 Å². The van der Waals surface area contributed by atoms with Crippen LogP contribution in [-0.2, 0) is 16.0 Å². The van der Waals surface area contributed by atoms with E-state index in [0.717, 1.165) is 28.7 Å². The molecular formula is C26H27N7O4. The average molecular weight is 502 g/mol. The van der Waals surface area contributed by atoms with E-state index < -0.39 is 12.1 Å². The molecule has 0 aliphatic carbocycles. The summed E-state index contributed by atoms with van der Waals surface area (Å²) in [5, 5.41) is 16.6. The van der Waals surface area contributed by atoms with Crippen LogP contribution in [0.25, 0.3) is 22.5 Å². The zero-order valence-electron chi connectivity index (χ0n) is 20.5. The minimum atomic E-state index is -0.685. The molecule has 0 atom stereocenters. The smallest absolute Gasteiger partial charge is 0.409 e. The first-order valence-corrected chi connectivity index (χ1v) is 11.7. The van der Waals surface area contributed by atoms with Crippen molar-refractivity contribution >= 4 is 17.9 Å². The van der Waals surface area contributed by atoms with Crippen molar-refractivity contribution < 1.29 is 19.1 Å². The Hall–Kier alpha value is -4.80. The summed E-state index contributed by atoms with van der Waals surface area (Å²) in [6.45, 7) is 2.98. The molecule has 37 heavy (non-hydrogen) atoms. The van der Waals surface area contributed by atoms with Gasteiger partial charge in [-0.15, -0.1) is 5.10 Å². The molecule has 0 fully saturated rings. The fourth-order valence-electron chi connectivity index (χ4n) is 3.87. The van der Waals surface area contributed by atoms with Crippen LogP contribution in [0, 0.1) is 0 Å². The number of pyridine rings is 1. The van der Waals surface area contributed by atoms with Crippen molar-refractivity contribution in [3.05, 3.63) is 78.0 Å². The highest BCUT2D eigenvalue weighted by atomic mass is 16.6. The number of aromatic amines is 1. The zero-order valence-corrected chi connectivity index (χ0v) is 20.5. The summed E-state index contributed by atoms with van der Waals surface area (Å²) >= 11 is 0. The number of methoxy groups -OCH3 is 1. The van der Waals surface area contributed by atoms with Crippen molar-refractivity contribution in [3.8, 4) is 22.5 Å². The van der Waals surface area contributed by atoms with Crippen LogP contribution in [0.5, 0.6) is 0 Å². The van der Waals surface area contributed by atoms with Crippen LogP contribution in [0.4, 0.5) is 10.6 Å². The molecule has 0 saturated carbocycles. The molecule has 0 aliphatic rings. The fourth-order valence-corrected chi connectivity index (χ4v) is 3.87. The molecule has 0 bridgehead atoms. The molecule has 0 radical (unpaired) electrons. The van der Waals surface area contributed by atoms with E-state index in [1.807, 2.05) is 41.3 Å². The predicted molar refractivity (Wildman–Crippen MR) is 136 cm³/mol. The number of rotatable bonds is 10. The van der Waals surface area contributed by atoms with Gasteiger partial charge in [0.05, 0.1) is 7.11 Å². The van der Waals surface area contributed by atoms with Crippen molar-refractivity contribution in [2.45, 2.75) is 19.9 Å². The Labute approximate surface area is 213 Å². The van der Waals surface area contributed by atoms with Gasteiger partial charge in [0.25, 0.3) is 0 Å². The van der Waals surface area contributed by atoms with Gasteiger partial charge in [0.2, 0.25) is 0 Å². The second kappa shape index (κ2) is 12.2. The summed E-state index contributed by atoms with van der Waals surface area (Å²) < 4.78 is 9.68. The molecule has 11 heteroatoms.